The summed E-state index contributed by atoms with van der Waals surface area (Å²) < 4.78 is 10.8. The van der Waals surface area contributed by atoms with Crippen molar-refractivity contribution in [2.45, 2.75) is 20.4 Å². The first kappa shape index (κ1) is 16.7. The molecule has 23 heavy (non-hydrogen) atoms. The van der Waals surface area contributed by atoms with E-state index in [2.05, 4.69) is 5.32 Å². The summed E-state index contributed by atoms with van der Waals surface area (Å²) in [7, 11) is 1.61. The molecule has 122 valence electrons. The summed E-state index contributed by atoms with van der Waals surface area (Å²) in [6.45, 7) is 4.99. The number of aryl methyl sites for hydroxylation is 1. The SMILES string of the molecule is CCOc1cc(CNc2ccc(C(=O)O)cc2C)ccc1OC. The highest BCUT2D eigenvalue weighted by Crippen LogP contribution is 2.28. The molecular weight excluding hydrogens is 294 g/mol. The lowest BCUT2D eigenvalue weighted by Crippen LogP contribution is -2.04. The lowest BCUT2D eigenvalue weighted by molar-refractivity contribution is 0.0697. The van der Waals surface area contributed by atoms with Crippen molar-refractivity contribution in [2.75, 3.05) is 19.0 Å². The molecule has 0 saturated heterocycles. The molecule has 0 aliphatic carbocycles. The predicted octanol–water partition coefficient (Wildman–Crippen LogP) is 3.71. The van der Waals surface area contributed by atoms with E-state index < -0.39 is 5.97 Å². The Kier molecular flexibility index (Phi) is 5.46. The van der Waals surface area contributed by atoms with Gasteiger partial charge in [0.05, 0.1) is 19.3 Å². The Bertz CT molecular complexity index is 697. The van der Waals surface area contributed by atoms with Gasteiger partial charge in [0.25, 0.3) is 0 Å². The molecule has 2 N–H and O–H groups in total. The summed E-state index contributed by atoms with van der Waals surface area (Å²) >= 11 is 0. The second-order valence-electron chi connectivity index (χ2n) is 5.11. The van der Waals surface area contributed by atoms with Crippen LogP contribution in [0.15, 0.2) is 36.4 Å². The molecule has 0 aliphatic heterocycles. The van der Waals surface area contributed by atoms with E-state index in [-0.39, 0.29) is 5.56 Å². The van der Waals surface area contributed by atoms with Crippen molar-refractivity contribution in [3.8, 4) is 11.5 Å². The van der Waals surface area contributed by atoms with E-state index in [1.807, 2.05) is 32.0 Å². The second kappa shape index (κ2) is 7.54. The Labute approximate surface area is 135 Å². The molecule has 0 aliphatic rings. The van der Waals surface area contributed by atoms with Gasteiger partial charge in [-0.05, 0) is 55.3 Å². The van der Waals surface area contributed by atoms with Crippen molar-refractivity contribution in [1.82, 2.24) is 0 Å². The average molecular weight is 315 g/mol. The number of carboxylic acids is 1. The van der Waals surface area contributed by atoms with Gasteiger partial charge in [0.1, 0.15) is 0 Å². The minimum Gasteiger partial charge on any atom is -0.493 e. The van der Waals surface area contributed by atoms with Gasteiger partial charge in [-0.1, -0.05) is 6.07 Å². The summed E-state index contributed by atoms with van der Waals surface area (Å²) in [5.74, 6) is 0.501. The van der Waals surface area contributed by atoms with Gasteiger partial charge in [-0.2, -0.15) is 0 Å². The van der Waals surface area contributed by atoms with Gasteiger partial charge in [0.2, 0.25) is 0 Å². The van der Waals surface area contributed by atoms with Crippen molar-refractivity contribution in [3.63, 3.8) is 0 Å². The van der Waals surface area contributed by atoms with Crippen molar-refractivity contribution in [2.24, 2.45) is 0 Å². The Morgan fingerprint density at radius 2 is 1.96 bits per heavy atom. The molecule has 0 bridgehead atoms. The maximum Gasteiger partial charge on any atom is 0.335 e. The number of anilines is 1. The normalized spacial score (nSPS) is 10.2. The molecule has 0 radical (unpaired) electrons. The maximum atomic E-state index is 11.0. The van der Waals surface area contributed by atoms with Gasteiger partial charge in [-0.25, -0.2) is 4.79 Å². The highest BCUT2D eigenvalue weighted by molar-refractivity contribution is 5.88. The molecule has 0 heterocycles. The van der Waals surface area contributed by atoms with Crippen LogP contribution >= 0.6 is 0 Å². The van der Waals surface area contributed by atoms with Crippen LogP contribution in [0.1, 0.15) is 28.4 Å². The van der Waals surface area contributed by atoms with Crippen LogP contribution in [0.2, 0.25) is 0 Å². The third-order valence-electron chi connectivity index (χ3n) is 3.48. The number of rotatable bonds is 7. The van der Waals surface area contributed by atoms with Gasteiger partial charge in [0, 0.05) is 12.2 Å². The summed E-state index contributed by atoms with van der Waals surface area (Å²) in [6.07, 6.45) is 0. The van der Waals surface area contributed by atoms with Gasteiger partial charge < -0.3 is 19.9 Å². The number of hydrogen-bond donors (Lipinski definition) is 2. The standard InChI is InChI=1S/C18H21NO4/c1-4-23-17-10-13(5-8-16(17)22-3)11-19-15-7-6-14(18(20)21)9-12(15)2/h5-10,19H,4,11H2,1-3H3,(H,20,21). The van der Waals surface area contributed by atoms with E-state index in [1.54, 1.807) is 25.3 Å². The van der Waals surface area contributed by atoms with Gasteiger partial charge >= 0.3 is 5.97 Å². The summed E-state index contributed by atoms with van der Waals surface area (Å²) in [4.78, 5) is 11.0. The topological polar surface area (TPSA) is 67.8 Å². The molecule has 0 amide bonds. The summed E-state index contributed by atoms with van der Waals surface area (Å²) in [5, 5.41) is 12.3. The zero-order chi connectivity index (χ0) is 16.8. The molecule has 2 aromatic rings. The van der Waals surface area contributed by atoms with Crippen LogP contribution in [0.3, 0.4) is 0 Å². The van der Waals surface area contributed by atoms with Crippen molar-refractivity contribution in [3.05, 3.63) is 53.1 Å². The number of nitrogens with one attached hydrogen (secondary N) is 1. The molecule has 2 aromatic carbocycles. The van der Waals surface area contributed by atoms with E-state index in [0.29, 0.717) is 24.7 Å². The smallest absolute Gasteiger partial charge is 0.335 e. The Hall–Kier alpha value is -2.69. The number of carbonyl (C=O) groups is 1. The zero-order valence-corrected chi connectivity index (χ0v) is 13.6. The van der Waals surface area contributed by atoms with Crippen LogP contribution in [0.25, 0.3) is 0 Å². The Morgan fingerprint density at radius 3 is 2.57 bits per heavy atom. The van der Waals surface area contributed by atoms with E-state index in [0.717, 1.165) is 16.8 Å². The van der Waals surface area contributed by atoms with Gasteiger partial charge in [0.15, 0.2) is 11.5 Å². The Balaban J connectivity index is 2.11. The number of ether oxygens (including phenoxy) is 2. The molecule has 2 rings (SSSR count). The van der Waals surface area contributed by atoms with Crippen molar-refractivity contribution >= 4 is 11.7 Å². The number of aromatic carboxylic acids is 1. The van der Waals surface area contributed by atoms with E-state index in [1.165, 1.54) is 0 Å². The second-order valence-corrected chi connectivity index (χ2v) is 5.11. The Morgan fingerprint density at radius 1 is 1.17 bits per heavy atom. The first-order chi connectivity index (χ1) is 11.0. The monoisotopic (exact) mass is 315 g/mol. The summed E-state index contributed by atoms with van der Waals surface area (Å²) in [5.41, 5.74) is 3.14. The van der Waals surface area contributed by atoms with E-state index >= 15 is 0 Å². The number of hydrogen-bond acceptors (Lipinski definition) is 4. The van der Waals surface area contributed by atoms with Gasteiger partial charge in [-0.3, -0.25) is 0 Å². The first-order valence-electron chi connectivity index (χ1n) is 7.42. The number of benzene rings is 2. The molecule has 0 saturated carbocycles. The molecule has 5 heteroatoms. The van der Waals surface area contributed by atoms with E-state index in [4.69, 9.17) is 14.6 Å². The molecule has 0 aromatic heterocycles. The van der Waals surface area contributed by atoms with Crippen LogP contribution in [-0.4, -0.2) is 24.8 Å². The first-order valence-corrected chi connectivity index (χ1v) is 7.42. The van der Waals surface area contributed by atoms with Crippen LogP contribution in [0.4, 0.5) is 5.69 Å². The quantitative estimate of drug-likeness (QED) is 0.815. The van der Waals surface area contributed by atoms with Crippen LogP contribution in [0.5, 0.6) is 11.5 Å². The van der Waals surface area contributed by atoms with Gasteiger partial charge in [-0.15, -0.1) is 0 Å². The molecule has 0 spiro atoms. The van der Waals surface area contributed by atoms with Crippen molar-refractivity contribution < 1.29 is 19.4 Å². The fraction of sp³-hybridized carbons (Fsp3) is 0.278. The molecule has 5 nitrogen and oxygen atoms in total. The lowest BCUT2D eigenvalue weighted by Gasteiger charge is -2.13. The molecular formula is C18H21NO4. The molecule has 0 unspecified atom stereocenters. The predicted molar refractivity (Wildman–Crippen MR) is 89.6 cm³/mol. The largest absolute Gasteiger partial charge is 0.493 e. The highest BCUT2D eigenvalue weighted by Gasteiger charge is 2.07. The van der Waals surface area contributed by atoms with Crippen LogP contribution in [-0.2, 0) is 6.54 Å². The van der Waals surface area contributed by atoms with Crippen LogP contribution < -0.4 is 14.8 Å². The highest BCUT2D eigenvalue weighted by atomic mass is 16.5. The fourth-order valence-electron chi connectivity index (χ4n) is 2.29. The lowest BCUT2D eigenvalue weighted by atomic mass is 10.1. The van der Waals surface area contributed by atoms with Crippen molar-refractivity contribution in [1.29, 1.82) is 0 Å². The number of methoxy groups -OCH3 is 1. The van der Waals surface area contributed by atoms with E-state index in [9.17, 15) is 4.79 Å². The van der Waals surface area contributed by atoms with Crippen LogP contribution in [0, 0.1) is 6.92 Å². The third kappa shape index (κ3) is 4.16. The third-order valence-corrected chi connectivity index (χ3v) is 3.48. The molecule has 0 fully saturated rings. The molecule has 0 atom stereocenters. The number of carboxylic acid groups (broad SMARTS) is 1. The maximum absolute atomic E-state index is 11.0. The average Bonchev–Trinajstić information content (AvgIpc) is 2.54. The fourth-order valence-corrected chi connectivity index (χ4v) is 2.29. The minimum absolute atomic E-state index is 0.288. The zero-order valence-electron chi connectivity index (χ0n) is 13.6. The summed E-state index contributed by atoms with van der Waals surface area (Å²) in [6, 6.07) is 10.8. The minimum atomic E-state index is -0.920.